The number of unbranched alkanes of at least 4 members (excludes halogenated alkanes) is 31. The molecule has 0 N–H and O–H groups in total. The van der Waals surface area contributed by atoms with Gasteiger partial charge in [0.1, 0.15) is 13.2 Å². The predicted molar refractivity (Wildman–Crippen MR) is 302 cm³/mol. The molecule has 0 aromatic rings. The van der Waals surface area contributed by atoms with Crippen LogP contribution in [0.5, 0.6) is 0 Å². The molecule has 0 aliphatic heterocycles. The van der Waals surface area contributed by atoms with Gasteiger partial charge in [-0.2, -0.15) is 0 Å². The molecule has 0 aromatic heterocycles. The van der Waals surface area contributed by atoms with Crippen molar-refractivity contribution in [2.45, 2.75) is 303 Å². The summed E-state index contributed by atoms with van der Waals surface area (Å²) in [6.07, 6.45) is 74.7. The molecule has 0 saturated carbocycles. The summed E-state index contributed by atoms with van der Waals surface area (Å²) in [5.74, 6) is -0.908. The maximum Gasteiger partial charge on any atom is 0.306 e. The minimum Gasteiger partial charge on any atom is -0.462 e. The van der Waals surface area contributed by atoms with E-state index in [4.69, 9.17) is 14.2 Å². The second kappa shape index (κ2) is 58.4. The molecule has 6 nitrogen and oxygen atoms in total. The lowest BCUT2D eigenvalue weighted by Gasteiger charge is -2.18. The third kappa shape index (κ3) is 55.8. The molecular weight excluding hydrogens is 865 g/mol. The van der Waals surface area contributed by atoms with Gasteiger partial charge in [-0.05, 0) is 89.9 Å². The second-order valence-electron chi connectivity index (χ2n) is 19.9. The SMILES string of the molecule is CC/C=C\C/C=C\C/C=C\CCCCCC(=O)OCC(COC(=O)CCCCCCCCCCCC/C=C\C/C=C\C/C=C\CCCCCCC)OC(=O)CCCCCCCCCCCCCCCC. The molecule has 0 aliphatic carbocycles. The van der Waals surface area contributed by atoms with Gasteiger partial charge in [-0.3, -0.25) is 14.4 Å². The van der Waals surface area contributed by atoms with E-state index in [1.807, 2.05) is 0 Å². The van der Waals surface area contributed by atoms with Crippen molar-refractivity contribution in [2.24, 2.45) is 0 Å². The fourth-order valence-corrected chi connectivity index (χ4v) is 8.47. The standard InChI is InChI=1S/C64H112O6/c1-4-7-10-13-16-19-22-25-27-28-29-30-31-32-33-34-35-36-37-40-42-45-48-51-54-57-63(66)69-60-61(59-68-62(65)56-53-50-47-44-41-38-24-21-18-15-12-9-6-3)70-64(67)58-55-52-49-46-43-39-26-23-20-17-14-11-8-5-2/h9,12,18,21-22,25,28-29,31-32,38,41,61H,4-8,10-11,13-17,19-20,23-24,26-27,30,33-37,39-40,42-60H2,1-3H3/b12-9-,21-18-,25-22-,29-28-,32-31-,41-38-. The van der Waals surface area contributed by atoms with Gasteiger partial charge in [0, 0.05) is 19.3 Å². The summed E-state index contributed by atoms with van der Waals surface area (Å²) in [5.41, 5.74) is 0. The molecular formula is C64H112O6. The van der Waals surface area contributed by atoms with E-state index in [1.165, 1.54) is 161 Å². The Balaban J connectivity index is 4.30. The van der Waals surface area contributed by atoms with Crippen LogP contribution < -0.4 is 0 Å². The topological polar surface area (TPSA) is 78.9 Å². The van der Waals surface area contributed by atoms with Crippen LogP contribution >= 0.6 is 0 Å². The van der Waals surface area contributed by atoms with Gasteiger partial charge in [-0.15, -0.1) is 0 Å². The lowest BCUT2D eigenvalue weighted by atomic mass is 10.0. The summed E-state index contributed by atoms with van der Waals surface area (Å²) in [6.45, 7) is 6.51. The van der Waals surface area contributed by atoms with E-state index in [2.05, 4.69) is 93.7 Å². The van der Waals surface area contributed by atoms with E-state index in [9.17, 15) is 14.4 Å². The number of allylic oxidation sites excluding steroid dienone is 12. The van der Waals surface area contributed by atoms with Crippen molar-refractivity contribution in [2.75, 3.05) is 13.2 Å². The van der Waals surface area contributed by atoms with Gasteiger partial charge < -0.3 is 14.2 Å². The quantitative estimate of drug-likeness (QED) is 0.0261. The van der Waals surface area contributed by atoms with E-state index in [0.29, 0.717) is 19.3 Å². The van der Waals surface area contributed by atoms with Crippen LogP contribution in [-0.4, -0.2) is 37.2 Å². The van der Waals surface area contributed by atoms with Crippen molar-refractivity contribution in [1.82, 2.24) is 0 Å². The summed E-state index contributed by atoms with van der Waals surface area (Å²) in [7, 11) is 0. The van der Waals surface area contributed by atoms with E-state index in [0.717, 1.165) is 96.3 Å². The summed E-state index contributed by atoms with van der Waals surface area (Å²) < 4.78 is 16.8. The third-order valence-corrected chi connectivity index (χ3v) is 12.9. The summed E-state index contributed by atoms with van der Waals surface area (Å²) in [5, 5.41) is 0. The summed E-state index contributed by atoms with van der Waals surface area (Å²) in [6, 6.07) is 0. The van der Waals surface area contributed by atoms with E-state index in [-0.39, 0.29) is 31.1 Å². The average Bonchev–Trinajstić information content (AvgIpc) is 3.36. The maximum atomic E-state index is 12.8. The van der Waals surface area contributed by atoms with Gasteiger partial charge in [0.2, 0.25) is 0 Å². The molecule has 6 heteroatoms. The normalized spacial score (nSPS) is 12.6. The van der Waals surface area contributed by atoms with Crippen LogP contribution in [0.15, 0.2) is 72.9 Å². The number of carbonyl (C=O) groups is 3. The first kappa shape index (κ1) is 66.9. The molecule has 70 heavy (non-hydrogen) atoms. The Kier molecular flexibility index (Phi) is 55.8. The van der Waals surface area contributed by atoms with Crippen molar-refractivity contribution in [3.8, 4) is 0 Å². The number of carbonyl (C=O) groups excluding carboxylic acids is 3. The molecule has 0 spiro atoms. The highest BCUT2D eigenvalue weighted by Gasteiger charge is 2.19. The largest absolute Gasteiger partial charge is 0.462 e. The van der Waals surface area contributed by atoms with Crippen molar-refractivity contribution >= 4 is 17.9 Å². The van der Waals surface area contributed by atoms with Crippen molar-refractivity contribution in [3.63, 3.8) is 0 Å². The monoisotopic (exact) mass is 977 g/mol. The van der Waals surface area contributed by atoms with Gasteiger partial charge in [-0.1, -0.05) is 261 Å². The fraction of sp³-hybridized carbons (Fsp3) is 0.766. The van der Waals surface area contributed by atoms with E-state index >= 15 is 0 Å². The molecule has 1 atom stereocenters. The van der Waals surface area contributed by atoms with Gasteiger partial charge in [0.15, 0.2) is 6.10 Å². The number of hydrogen-bond donors (Lipinski definition) is 0. The second-order valence-corrected chi connectivity index (χ2v) is 19.9. The fourth-order valence-electron chi connectivity index (χ4n) is 8.47. The summed E-state index contributed by atoms with van der Waals surface area (Å²) >= 11 is 0. The van der Waals surface area contributed by atoms with Gasteiger partial charge in [0.05, 0.1) is 0 Å². The number of rotatable bonds is 54. The number of esters is 3. The average molecular weight is 978 g/mol. The lowest BCUT2D eigenvalue weighted by molar-refractivity contribution is -0.167. The Hall–Kier alpha value is -3.15. The first-order valence-corrected chi connectivity index (χ1v) is 29.9. The van der Waals surface area contributed by atoms with Crippen LogP contribution in [0.3, 0.4) is 0 Å². The number of ether oxygens (including phenoxy) is 3. The van der Waals surface area contributed by atoms with Gasteiger partial charge in [-0.25, -0.2) is 0 Å². The van der Waals surface area contributed by atoms with Gasteiger partial charge in [0.25, 0.3) is 0 Å². The van der Waals surface area contributed by atoms with Crippen LogP contribution in [0.25, 0.3) is 0 Å². The molecule has 0 heterocycles. The molecule has 0 radical (unpaired) electrons. The lowest BCUT2D eigenvalue weighted by Crippen LogP contribution is -2.30. The van der Waals surface area contributed by atoms with Crippen LogP contribution in [-0.2, 0) is 28.6 Å². The minimum absolute atomic E-state index is 0.0847. The maximum absolute atomic E-state index is 12.8. The third-order valence-electron chi connectivity index (χ3n) is 12.9. The van der Waals surface area contributed by atoms with Crippen molar-refractivity contribution in [1.29, 1.82) is 0 Å². The number of hydrogen-bond acceptors (Lipinski definition) is 6. The Morgan fingerprint density at radius 3 is 0.886 bits per heavy atom. The Morgan fingerprint density at radius 2 is 0.557 bits per heavy atom. The van der Waals surface area contributed by atoms with Crippen LogP contribution in [0.2, 0.25) is 0 Å². The smallest absolute Gasteiger partial charge is 0.306 e. The highest BCUT2D eigenvalue weighted by Crippen LogP contribution is 2.16. The zero-order valence-electron chi connectivity index (χ0n) is 46.3. The molecule has 0 aliphatic rings. The first-order chi connectivity index (χ1) is 34.5. The summed E-state index contributed by atoms with van der Waals surface area (Å²) in [4.78, 5) is 38.1. The molecule has 404 valence electrons. The zero-order chi connectivity index (χ0) is 50.7. The molecule has 0 saturated heterocycles. The highest BCUT2D eigenvalue weighted by atomic mass is 16.6. The molecule has 0 bridgehead atoms. The van der Waals surface area contributed by atoms with Crippen LogP contribution in [0, 0.1) is 0 Å². The predicted octanol–water partition coefficient (Wildman–Crippen LogP) is 20.2. The van der Waals surface area contributed by atoms with Crippen LogP contribution in [0.4, 0.5) is 0 Å². The molecule has 1 unspecified atom stereocenters. The first-order valence-electron chi connectivity index (χ1n) is 29.9. The van der Waals surface area contributed by atoms with E-state index < -0.39 is 6.10 Å². The molecule has 0 rings (SSSR count). The van der Waals surface area contributed by atoms with Crippen molar-refractivity contribution < 1.29 is 28.6 Å². The molecule has 0 fully saturated rings. The van der Waals surface area contributed by atoms with Crippen molar-refractivity contribution in [3.05, 3.63) is 72.9 Å². The van der Waals surface area contributed by atoms with E-state index in [1.54, 1.807) is 0 Å². The Morgan fingerprint density at radius 1 is 0.300 bits per heavy atom. The van der Waals surface area contributed by atoms with Crippen LogP contribution in [0.1, 0.15) is 297 Å². The van der Waals surface area contributed by atoms with Gasteiger partial charge >= 0.3 is 17.9 Å². The minimum atomic E-state index is -0.787. The molecule has 0 aromatic carbocycles. The Labute approximate surface area is 433 Å². The highest BCUT2D eigenvalue weighted by molar-refractivity contribution is 5.71. The molecule has 0 amide bonds. The Bertz CT molecular complexity index is 1310. The zero-order valence-corrected chi connectivity index (χ0v) is 46.3.